The number of furan rings is 1. The number of nitrogens with one attached hydrogen (secondary N) is 1. The molecular weight excluding hydrogens is 229 g/mol. The van der Waals surface area contributed by atoms with E-state index in [1.165, 1.54) is 6.07 Å². The van der Waals surface area contributed by atoms with E-state index in [1.807, 2.05) is 12.1 Å². The molecular formula is C15H18FNO. The maximum Gasteiger partial charge on any atom is 0.123 e. The summed E-state index contributed by atoms with van der Waals surface area (Å²) in [7, 11) is 0. The molecule has 1 unspecified atom stereocenters. The molecule has 0 aliphatic heterocycles. The standard InChI is InChI=1S/C15H18FNO/c1-2-7-17-15(13-6-8-18-11-13)10-12-4-3-5-14(16)9-12/h3-6,8-9,11,15,17H,2,7,10H2,1H3. The summed E-state index contributed by atoms with van der Waals surface area (Å²) in [4.78, 5) is 0. The van der Waals surface area contributed by atoms with Crippen molar-refractivity contribution in [3.63, 3.8) is 0 Å². The van der Waals surface area contributed by atoms with Crippen LogP contribution >= 0.6 is 0 Å². The summed E-state index contributed by atoms with van der Waals surface area (Å²) < 4.78 is 18.3. The minimum Gasteiger partial charge on any atom is -0.472 e. The van der Waals surface area contributed by atoms with Crippen molar-refractivity contribution in [2.45, 2.75) is 25.8 Å². The highest BCUT2D eigenvalue weighted by Crippen LogP contribution is 2.19. The molecule has 1 aromatic heterocycles. The van der Waals surface area contributed by atoms with Crippen molar-refractivity contribution >= 4 is 0 Å². The third-order valence-electron chi connectivity index (χ3n) is 2.92. The van der Waals surface area contributed by atoms with Crippen molar-refractivity contribution in [1.82, 2.24) is 5.32 Å². The molecule has 2 aromatic rings. The fourth-order valence-electron chi connectivity index (χ4n) is 2.00. The molecule has 1 atom stereocenters. The van der Waals surface area contributed by atoms with Crippen LogP contribution in [0, 0.1) is 5.82 Å². The molecule has 1 N–H and O–H groups in total. The minimum absolute atomic E-state index is 0.172. The monoisotopic (exact) mass is 247 g/mol. The predicted molar refractivity (Wildman–Crippen MR) is 69.8 cm³/mol. The summed E-state index contributed by atoms with van der Waals surface area (Å²) in [5.74, 6) is -0.186. The number of benzene rings is 1. The summed E-state index contributed by atoms with van der Waals surface area (Å²) in [5.41, 5.74) is 2.09. The van der Waals surface area contributed by atoms with Gasteiger partial charge in [0.2, 0.25) is 0 Å². The summed E-state index contributed by atoms with van der Waals surface area (Å²) >= 11 is 0. The van der Waals surface area contributed by atoms with Crippen LogP contribution in [-0.4, -0.2) is 6.54 Å². The topological polar surface area (TPSA) is 25.2 Å². The predicted octanol–water partition coefficient (Wildman–Crippen LogP) is 3.70. The Balaban J connectivity index is 2.10. The second-order valence-corrected chi connectivity index (χ2v) is 4.40. The van der Waals surface area contributed by atoms with Crippen molar-refractivity contribution in [3.8, 4) is 0 Å². The fraction of sp³-hybridized carbons (Fsp3) is 0.333. The fourth-order valence-corrected chi connectivity index (χ4v) is 2.00. The van der Waals surface area contributed by atoms with E-state index in [0.717, 1.165) is 30.5 Å². The highest BCUT2D eigenvalue weighted by atomic mass is 19.1. The van der Waals surface area contributed by atoms with E-state index in [1.54, 1.807) is 24.7 Å². The highest BCUT2D eigenvalue weighted by Gasteiger charge is 2.12. The Kier molecular flexibility index (Phi) is 4.53. The smallest absolute Gasteiger partial charge is 0.123 e. The Hall–Kier alpha value is -1.61. The largest absolute Gasteiger partial charge is 0.472 e. The van der Waals surface area contributed by atoms with Crippen molar-refractivity contribution in [2.75, 3.05) is 6.54 Å². The third kappa shape index (κ3) is 3.44. The first-order valence-electron chi connectivity index (χ1n) is 6.29. The van der Waals surface area contributed by atoms with Crippen LogP contribution in [0.15, 0.2) is 47.3 Å². The molecule has 2 nitrogen and oxygen atoms in total. The van der Waals surface area contributed by atoms with E-state index in [-0.39, 0.29) is 11.9 Å². The molecule has 0 spiro atoms. The maximum atomic E-state index is 13.2. The van der Waals surface area contributed by atoms with Crippen molar-refractivity contribution in [2.24, 2.45) is 0 Å². The second-order valence-electron chi connectivity index (χ2n) is 4.40. The van der Waals surface area contributed by atoms with Gasteiger partial charge in [0.1, 0.15) is 5.82 Å². The molecule has 96 valence electrons. The highest BCUT2D eigenvalue weighted by molar-refractivity contribution is 5.21. The van der Waals surface area contributed by atoms with Gasteiger partial charge in [-0.15, -0.1) is 0 Å². The number of hydrogen-bond acceptors (Lipinski definition) is 2. The molecule has 1 heterocycles. The van der Waals surface area contributed by atoms with Crippen LogP contribution in [-0.2, 0) is 6.42 Å². The molecule has 3 heteroatoms. The lowest BCUT2D eigenvalue weighted by Crippen LogP contribution is -2.23. The third-order valence-corrected chi connectivity index (χ3v) is 2.92. The van der Waals surface area contributed by atoms with Gasteiger partial charge in [-0.3, -0.25) is 0 Å². The normalized spacial score (nSPS) is 12.6. The molecule has 18 heavy (non-hydrogen) atoms. The lowest BCUT2D eigenvalue weighted by molar-refractivity contribution is 0.511. The van der Waals surface area contributed by atoms with Crippen LogP contribution in [0.2, 0.25) is 0 Å². The van der Waals surface area contributed by atoms with Crippen LogP contribution in [0.3, 0.4) is 0 Å². The number of halogens is 1. The lowest BCUT2D eigenvalue weighted by Gasteiger charge is -2.17. The van der Waals surface area contributed by atoms with E-state index in [0.29, 0.717) is 0 Å². The Bertz CT molecular complexity index is 467. The zero-order chi connectivity index (χ0) is 12.8. The lowest BCUT2D eigenvalue weighted by atomic mass is 10.0. The second kappa shape index (κ2) is 6.36. The Labute approximate surface area is 107 Å². The zero-order valence-electron chi connectivity index (χ0n) is 10.5. The van der Waals surface area contributed by atoms with Gasteiger partial charge in [0.05, 0.1) is 12.5 Å². The summed E-state index contributed by atoms with van der Waals surface area (Å²) in [5, 5.41) is 3.46. The van der Waals surface area contributed by atoms with Crippen LogP contribution in [0.4, 0.5) is 4.39 Å². The molecule has 0 aliphatic rings. The molecule has 2 rings (SSSR count). The Morgan fingerprint density at radius 3 is 2.89 bits per heavy atom. The van der Waals surface area contributed by atoms with Crippen molar-refractivity contribution in [3.05, 3.63) is 59.8 Å². The van der Waals surface area contributed by atoms with Crippen LogP contribution < -0.4 is 5.32 Å². The van der Waals surface area contributed by atoms with E-state index in [9.17, 15) is 4.39 Å². The summed E-state index contributed by atoms with van der Waals surface area (Å²) in [6.45, 7) is 3.06. The van der Waals surface area contributed by atoms with E-state index >= 15 is 0 Å². The zero-order valence-corrected chi connectivity index (χ0v) is 10.5. The van der Waals surface area contributed by atoms with Gasteiger partial charge in [-0.25, -0.2) is 4.39 Å². The molecule has 1 aromatic carbocycles. The Morgan fingerprint density at radius 2 is 2.22 bits per heavy atom. The molecule has 0 fully saturated rings. The summed E-state index contributed by atoms with van der Waals surface area (Å²) in [6, 6.07) is 8.87. The molecule has 0 saturated heterocycles. The van der Waals surface area contributed by atoms with E-state index < -0.39 is 0 Å². The van der Waals surface area contributed by atoms with Crippen LogP contribution in [0.5, 0.6) is 0 Å². The van der Waals surface area contributed by atoms with Crippen molar-refractivity contribution in [1.29, 1.82) is 0 Å². The Morgan fingerprint density at radius 1 is 1.33 bits per heavy atom. The first-order valence-corrected chi connectivity index (χ1v) is 6.29. The maximum absolute atomic E-state index is 13.2. The van der Waals surface area contributed by atoms with E-state index in [4.69, 9.17) is 4.42 Å². The average Bonchev–Trinajstić information content (AvgIpc) is 2.88. The molecule has 0 aliphatic carbocycles. The first-order chi connectivity index (χ1) is 8.79. The van der Waals surface area contributed by atoms with Gasteiger partial charge in [-0.1, -0.05) is 19.1 Å². The molecule has 0 amide bonds. The van der Waals surface area contributed by atoms with Gasteiger partial charge in [-0.2, -0.15) is 0 Å². The molecule has 0 radical (unpaired) electrons. The minimum atomic E-state index is -0.186. The van der Waals surface area contributed by atoms with Gasteiger partial charge in [0.15, 0.2) is 0 Å². The van der Waals surface area contributed by atoms with Gasteiger partial charge in [-0.05, 0) is 43.1 Å². The van der Waals surface area contributed by atoms with Crippen LogP contribution in [0.1, 0.15) is 30.5 Å². The van der Waals surface area contributed by atoms with Crippen LogP contribution in [0.25, 0.3) is 0 Å². The van der Waals surface area contributed by atoms with Gasteiger partial charge >= 0.3 is 0 Å². The van der Waals surface area contributed by atoms with E-state index in [2.05, 4.69) is 12.2 Å². The average molecular weight is 247 g/mol. The number of rotatable bonds is 6. The quantitative estimate of drug-likeness (QED) is 0.842. The first kappa shape index (κ1) is 12.8. The number of hydrogen-bond donors (Lipinski definition) is 1. The SMILES string of the molecule is CCCNC(Cc1cccc(F)c1)c1ccoc1. The van der Waals surface area contributed by atoms with Gasteiger partial charge < -0.3 is 9.73 Å². The van der Waals surface area contributed by atoms with Gasteiger partial charge in [0.25, 0.3) is 0 Å². The summed E-state index contributed by atoms with van der Waals surface area (Å²) in [6.07, 6.45) is 5.24. The van der Waals surface area contributed by atoms with Gasteiger partial charge in [0, 0.05) is 11.6 Å². The van der Waals surface area contributed by atoms with Crippen molar-refractivity contribution < 1.29 is 8.81 Å². The molecule has 0 bridgehead atoms. The molecule has 0 saturated carbocycles.